The van der Waals surface area contributed by atoms with Gasteiger partial charge in [-0.25, -0.2) is 8.78 Å². The van der Waals surface area contributed by atoms with E-state index in [1.807, 2.05) is 0 Å². The first-order valence-electron chi connectivity index (χ1n) is 5.49. The number of carbonyl (C=O) groups excluding carboxylic acids is 1. The van der Waals surface area contributed by atoms with E-state index in [1.54, 1.807) is 4.90 Å². The molecule has 1 heterocycles. The molecule has 1 amide bonds. The van der Waals surface area contributed by atoms with Gasteiger partial charge >= 0.3 is 0 Å². The number of alkyl halides is 2. The van der Waals surface area contributed by atoms with E-state index in [0.29, 0.717) is 13.1 Å². The van der Waals surface area contributed by atoms with Gasteiger partial charge in [0.2, 0.25) is 5.91 Å². The monoisotopic (exact) mass is 236 g/mol. The average Bonchev–Trinajstić information content (AvgIpc) is 2.24. The molecule has 0 saturated carbocycles. The minimum Gasteiger partial charge on any atom is -0.375 e. The van der Waals surface area contributed by atoms with Gasteiger partial charge in [-0.05, 0) is 12.8 Å². The fraction of sp³-hybridized carbons (Fsp3) is 0.900. The number of piperidine rings is 1. The van der Waals surface area contributed by atoms with Crippen LogP contribution in [0.15, 0.2) is 0 Å². The van der Waals surface area contributed by atoms with E-state index < -0.39 is 13.0 Å². The summed E-state index contributed by atoms with van der Waals surface area (Å²) >= 11 is 0. The second-order valence-electron chi connectivity index (χ2n) is 3.96. The lowest BCUT2D eigenvalue weighted by atomic mass is 10.1. The number of hydrogen-bond acceptors (Lipinski definition) is 3. The van der Waals surface area contributed by atoms with Crippen molar-refractivity contribution in [2.24, 2.45) is 5.73 Å². The molecule has 94 valence electrons. The zero-order valence-corrected chi connectivity index (χ0v) is 9.20. The predicted molar refractivity (Wildman–Crippen MR) is 55.2 cm³/mol. The van der Waals surface area contributed by atoms with Gasteiger partial charge in [0.15, 0.2) is 0 Å². The summed E-state index contributed by atoms with van der Waals surface area (Å²) in [4.78, 5) is 13.3. The van der Waals surface area contributed by atoms with E-state index in [4.69, 9.17) is 5.73 Å². The molecule has 0 aromatic rings. The Hall–Kier alpha value is -0.750. The van der Waals surface area contributed by atoms with E-state index in [1.165, 1.54) is 0 Å². The number of nitrogens with two attached hydrogens (primary N) is 1. The Bertz CT molecular complexity index is 227. The van der Waals surface area contributed by atoms with Crippen LogP contribution in [0.3, 0.4) is 0 Å². The Labute approximate surface area is 93.7 Å². The molecule has 1 aliphatic rings. The number of rotatable bonds is 5. The molecule has 0 aromatic heterocycles. The Balaban J connectivity index is 2.14. The van der Waals surface area contributed by atoms with Gasteiger partial charge in [0.1, 0.15) is 6.61 Å². The highest BCUT2D eigenvalue weighted by atomic mass is 19.3. The topological polar surface area (TPSA) is 55.6 Å². The van der Waals surface area contributed by atoms with Crippen molar-refractivity contribution in [2.45, 2.75) is 31.7 Å². The molecule has 2 N–H and O–H groups in total. The van der Waals surface area contributed by atoms with Crippen molar-refractivity contribution in [3.05, 3.63) is 0 Å². The number of hydrogen-bond donors (Lipinski definition) is 1. The van der Waals surface area contributed by atoms with E-state index >= 15 is 0 Å². The standard InChI is InChI=1S/C10H18F2N2O2/c11-9(12)7-16-5-3-10(15)14-4-1-2-8(13)6-14/h8-9H,1-7,13H2. The normalized spacial score (nSPS) is 21.5. The highest BCUT2D eigenvalue weighted by Gasteiger charge is 2.20. The summed E-state index contributed by atoms with van der Waals surface area (Å²) in [6.45, 7) is 0.719. The summed E-state index contributed by atoms with van der Waals surface area (Å²) < 4.78 is 28.1. The molecule has 4 nitrogen and oxygen atoms in total. The fourth-order valence-corrected chi connectivity index (χ4v) is 1.73. The molecule has 1 atom stereocenters. The van der Waals surface area contributed by atoms with Crippen molar-refractivity contribution in [3.8, 4) is 0 Å². The molecular weight excluding hydrogens is 218 g/mol. The zero-order chi connectivity index (χ0) is 12.0. The molecule has 0 radical (unpaired) electrons. The first kappa shape index (κ1) is 13.3. The maximum Gasteiger partial charge on any atom is 0.261 e. The second kappa shape index (κ2) is 6.75. The van der Waals surface area contributed by atoms with Crippen molar-refractivity contribution in [2.75, 3.05) is 26.3 Å². The molecule has 0 spiro atoms. The molecule has 6 heteroatoms. The van der Waals surface area contributed by atoms with Crippen molar-refractivity contribution >= 4 is 5.91 Å². The molecule has 0 aliphatic carbocycles. The van der Waals surface area contributed by atoms with Crippen LogP contribution in [-0.2, 0) is 9.53 Å². The maximum atomic E-state index is 11.7. The molecule has 1 rings (SSSR count). The quantitative estimate of drug-likeness (QED) is 0.711. The summed E-state index contributed by atoms with van der Waals surface area (Å²) in [5, 5.41) is 0. The molecule has 1 fully saturated rings. The third-order valence-electron chi connectivity index (χ3n) is 2.51. The number of carbonyl (C=O) groups is 1. The molecule has 16 heavy (non-hydrogen) atoms. The van der Waals surface area contributed by atoms with Crippen LogP contribution in [0.5, 0.6) is 0 Å². The van der Waals surface area contributed by atoms with Crippen molar-refractivity contribution in [3.63, 3.8) is 0 Å². The van der Waals surface area contributed by atoms with Crippen LogP contribution in [0, 0.1) is 0 Å². The van der Waals surface area contributed by atoms with Gasteiger partial charge in [-0.2, -0.15) is 0 Å². The lowest BCUT2D eigenvalue weighted by Gasteiger charge is -2.30. The SMILES string of the molecule is NC1CCCN(C(=O)CCOCC(F)F)C1. The van der Waals surface area contributed by atoms with Gasteiger partial charge < -0.3 is 15.4 Å². The number of ether oxygens (including phenoxy) is 1. The lowest BCUT2D eigenvalue weighted by molar-refractivity contribution is -0.133. The van der Waals surface area contributed by atoms with Crippen LogP contribution in [0.25, 0.3) is 0 Å². The minimum absolute atomic E-state index is 0.0414. The van der Waals surface area contributed by atoms with Crippen LogP contribution in [0.2, 0.25) is 0 Å². The lowest BCUT2D eigenvalue weighted by Crippen LogP contribution is -2.45. The summed E-state index contributed by atoms with van der Waals surface area (Å²) in [7, 11) is 0. The largest absolute Gasteiger partial charge is 0.375 e. The van der Waals surface area contributed by atoms with Crippen LogP contribution in [0.1, 0.15) is 19.3 Å². The zero-order valence-electron chi connectivity index (χ0n) is 9.20. The fourth-order valence-electron chi connectivity index (χ4n) is 1.73. The second-order valence-corrected chi connectivity index (χ2v) is 3.96. The Morgan fingerprint density at radius 3 is 2.94 bits per heavy atom. The summed E-state index contributed by atoms with van der Waals surface area (Å²) in [5.74, 6) is -0.0654. The van der Waals surface area contributed by atoms with Crippen LogP contribution < -0.4 is 5.73 Å². The van der Waals surface area contributed by atoms with Crippen molar-refractivity contribution in [1.82, 2.24) is 4.90 Å². The third kappa shape index (κ3) is 4.85. The van der Waals surface area contributed by atoms with Crippen molar-refractivity contribution < 1.29 is 18.3 Å². The first-order valence-corrected chi connectivity index (χ1v) is 5.49. The Morgan fingerprint density at radius 2 is 2.31 bits per heavy atom. The number of halogens is 2. The van der Waals surface area contributed by atoms with E-state index in [9.17, 15) is 13.6 Å². The van der Waals surface area contributed by atoms with Gasteiger partial charge in [-0.1, -0.05) is 0 Å². The van der Waals surface area contributed by atoms with Crippen molar-refractivity contribution in [1.29, 1.82) is 0 Å². The summed E-state index contributed by atoms with van der Waals surface area (Å²) in [6, 6.07) is 0.0414. The predicted octanol–water partition coefficient (Wildman–Crippen LogP) is 0.608. The molecule has 1 unspecified atom stereocenters. The molecule has 1 saturated heterocycles. The number of amides is 1. The highest BCUT2D eigenvalue weighted by molar-refractivity contribution is 5.76. The van der Waals surface area contributed by atoms with Crippen LogP contribution in [0.4, 0.5) is 8.78 Å². The minimum atomic E-state index is -2.47. The van der Waals surface area contributed by atoms with Gasteiger partial charge in [-0.15, -0.1) is 0 Å². The van der Waals surface area contributed by atoms with Crippen LogP contribution >= 0.6 is 0 Å². The van der Waals surface area contributed by atoms with Gasteiger partial charge in [0, 0.05) is 19.1 Å². The number of likely N-dealkylation sites (tertiary alicyclic amines) is 1. The van der Waals surface area contributed by atoms with Gasteiger partial charge in [-0.3, -0.25) is 4.79 Å². The van der Waals surface area contributed by atoms with Crippen LogP contribution in [-0.4, -0.2) is 49.6 Å². The maximum absolute atomic E-state index is 11.7. The van der Waals surface area contributed by atoms with Gasteiger partial charge in [0.25, 0.3) is 6.43 Å². The first-order chi connectivity index (χ1) is 7.59. The molecule has 0 aromatic carbocycles. The highest BCUT2D eigenvalue weighted by Crippen LogP contribution is 2.09. The molecule has 1 aliphatic heterocycles. The van der Waals surface area contributed by atoms with E-state index in [0.717, 1.165) is 12.8 Å². The van der Waals surface area contributed by atoms with E-state index in [2.05, 4.69) is 4.74 Å². The average molecular weight is 236 g/mol. The summed E-state index contributed by atoms with van der Waals surface area (Å²) in [5.41, 5.74) is 5.73. The smallest absolute Gasteiger partial charge is 0.261 e. The molecule has 0 bridgehead atoms. The van der Waals surface area contributed by atoms with E-state index in [-0.39, 0.29) is 25.0 Å². The summed E-state index contributed by atoms with van der Waals surface area (Å²) in [6.07, 6.45) is -0.478. The van der Waals surface area contributed by atoms with Gasteiger partial charge in [0.05, 0.1) is 13.0 Å². The Kier molecular flexibility index (Phi) is 5.62. The molecular formula is C10H18F2N2O2. The third-order valence-corrected chi connectivity index (χ3v) is 2.51. The number of nitrogens with zero attached hydrogens (tertiary/aromatic N) is 1. The Morgan fingerprint density at radius 1 is 1.56 bits per heavy atom.